The molecule has 12 heteroatoms. The molecular weight excluding hydrogens is 680 g/mol. The van der Waals surface area contributed by atoms with Crippen molar-refractivity contribution in [2.75, 3.05) is 18.0 Å². The van der Waals surface area contributed by atoms with Gasteiger partial charge in [-0.15, -0.1) is 10.2 Å². The van der Waals surface area contributed by atoms with Gasteiger partial charge < -0.3 is 13.9 Å². The van der Waals surface area contributed by atoms with Crippen LogP contribution in [0.25, 0.3) is 11.5 Å². The molecule has 50 heavy (non-hydrogen) atoms. The maximum atomic E-state index is 14.0. The molecule has 0 N–H and O–H groups in total. The summed E-state index contributed by atoms with van der Waals surface area (Å²) in [7, 11) is -7.54. The molecule has 2 aromatic heterocycles. The van der Waals surface area contributed by atoms with Gasteiger partial charge >= 0.3 is 0 Å². The molecule has 2 aliphatic rings. The Morgan fingerprint density at radius 3 is 1.78 bits per heavy atom. The fourth-order valence-electron chi connectivity index (χ4n) is 7.28. The van der Waals surface area contributed by atoms with Crippen LogP contribution in [0.5, 0.6) is 0 Å². The van der Waals surface area contributed by atoms with E-state index in [1.165, 1.54) is 28.0 Å². The van der Waals surface area contributed by atoms with Crippen LogP contribution in [0.1, 0.15) is 18.0 Å². The molecule has 0 amide bonds. The van der Waals surface area contributed by atoms with Crippen LogP contribution in [0, 0.1) is 22.0 Å². The minimum Gasteiger partial charge on any atom is -0.416 e. The number of benzene rings is 4. The van der Waals surface area contributed by atoms with Crippen LogP contribution in [0.4, 0.5) is 10.3 Å². The summed E-state index contributed by atoms with van der Waals surface area (Å²) in [5.74, 6) is 1.40. The zero-order valence-corrected chi connectivity index (χ0v) is 28.3. The van der Waals surface area contributed by atoms with Crippen molar-refractivity contribution < 1.29 is 37.7 Å². The Bertz CT molecular complexity index is 2020. The van der Waals surface area contributed by atoms with Crippen LogP contribution in [0.3, 0.4) is 0 Å². The molecule has 254 valence electrons. The Morgan fingerprint density at radius 2 is 1.24 bits per heavy atom. The Hall–Kier alpha value is -4.67. The first kappa shape index (κ1) is 33.8. The van der Waals surface area contributed by atoms with Gasteiger partial charge in [0.15, 0.2) is 7.26 Å². The van der Waals surface area contributed by atoms with Crippen LogP contribution < -0.4 is 50.4 Å². The maximum absolute atomic E-state index is 14.0. The van der Waals surface area contributed by atoms with Crippen molar-refractivity contribution >= 4 is 34.5 Å². The number of hydrogen-bond donors (Lipinski definition) is 0. The van der Waals surface area contributed by atoms with E-state index in [-0.39, 0.29) is 17.3 Å². The second kappa shape index (κ2) is 13.9. The first-order chi connectivity index (χ1) is 24.1. The number of aromatic nitrogens is 2. The molecule has 0 spiro atoms. The van der Waals surface area contributed by atoms with Gasteiger partial charge in [0.05, 0.1) is 0 Å². The molecule has 4 aromatic carbocycles. The molecule has 0 radical (unpaired) electrons. The Kier molecular flexibility index (Phi) is 9.41. The van der Waals surface area contributed by atoms with Crippen LogP contribution in [0.2, 0.25) is 0 Å². The predicted octanol–water partition coefficient (Wildman–Crippen LogP) is 1.13. The summed E-state index contributed by atoms with van der Waals surface area (Å²) in [5, 5.41) is 3.53. The van der Waals surface area contributed by atoms with Crippen molar-refractivity contribution in [1.82, 2.24) is 9.55 Å². The highest BCUT2D eigenvalue weighted by molar-refractivity contribution is 8.01. The van der Waals surface area contributed by atoms with Crippen LogP contribution >= 0.6 is 7.26 Å². The highest BCUT2D eigenvalue weighted by Crippen LogP contribution is 2.56. The maximum Gasteiger partial charge on any atom is 0.262 e. The standard InChI is InChI=1S/C38H32FN3O2P.ClHO4/c39-30-21-19-28(20-22-30)36-40-37(38(44-36)41-24-27-23-29(26-41)34-17-10-18-35(43)42(34)25-27)45(31-11-4-1-5-12-31,32-13-6-2-7-14-32)33-15-8-3-9-16-33;2-1(3,4)5/h1-22,27,29H,23-26H2;(H,2,3,4,5)/q+1;/p-1. The minimum atomic E-state index is -4.94. The van der Waals surface area contributed by atoms with E-state index in [1.807, 2.05) is 28.8 Å². The third-order valence-electron chi connectivity index (χ3n) is 9.20. The number of hydrogen-bond acceptors (Lipinski definition) is 8. The Labute approximate surface area is 290 Å². The lowest BCUT2D eigenvalue weighted by molar-refractivity contribution is -2.00. The molecule has 4 heterocycles. The number of halogens is 2. The van der Waals surface area contributed by atoms with Crippen LogP contribution in [-0.4, -0.2) is 22.6 Å². The summed E-state index contributed by atoms with van der Waals surface area (Å²) in [5.41, 5.74) is 2.77. The van der Waals surface area contributed by atoms with Gasteiger partial charge in [0.25, 0.3) is 16.9 Å². The van der Waals surface area contributed by atoms with E-state index >= 15 is 0 Å². The van der Waals surface area contributed by atoms with E-state index in [9.17, 15) is 9.18 Å². The molecule has 2 atom stereocenters. The molecule has 2 unspecified atom stereocenters. The molecule has 1 saturated heterocycles. The number of fused-ring (bicyclic) bond motifs is 4. The van der Waals surface area contributed by atoms with Gasteiger partial charge in [0.2, 0.25) is 5.89 Å². The van der Waals surface area contributed by atoms with Gasteiger partial charge in [-0.2, -0.15) is 4.98 Å². The summed E-state index contributed by atoms with van der Waals surface area (Å²) in [6.07, 6.45) is 1.03. The van der Waals surface area contributed by atoms with E-state index in [0.29, 0.717) is 24.9 Å². The number of anilines is 1. The fraction of sp³-hybridized carbons (Fsp3) is 0.158. The van der Waals surface area contributed by atoms with Crippen molar-refractivity contribution in [3.63, 3.8) is 0 Å². The number of rotatable bonds is 6. The molecule has 8 rings (SSSR count). The van der Waals surface area contributed by atoms with Crippen molar-refractivity contribution in [3.8, 4) is 11.5 Å². The van der Waals surface area contributed by atoms with Gasteiger partial charge in [0.1, 0.15) is 21.7 Å². The first-order valence-electron chi connectivity index (χ1n) is 16.0. The van der Waals surface area contributed by atoms with Gasteiger partial charge in [0, 0.05) is 42.9 Å². The third-order valence-corrected chi connectivity index (χ3v) is 13.3. The molecule has 0 saturated carbocycles. The van der Waals surface area contributed by atoms with Crippen molar-refractivity contribution in [1.29, 1.82) is 0 Å². The lowest BCUT2D eigenvalue weighted by atomic mass is 9.83. The summed E-state index contributed by atoms with van der Waals surface area (Å²) < 4.78 is 56.8. The first-order valence-corrected chi connectivity index (χ1v) is 19.0. The quantitative estimate of drug-likeness (QED) is 0.234. The monoisotopic (exact) mass is 711 g/mol. The molecule has 6 aromatic rings. The van der Waals surface area contributed by atoms with Gasteiger partial charge in [-0.3, -0.25) is 4.79 Å². The van der Waals surface area contributed by atoms with Gasteiger partial charge in [-0.1, -0.05) is 60.7 Å². The summed E-state index contributed by atoms with van der Waals surface area (Å²) in [4.78, 5) is 20.5. The van der Waals surface area contributed by atoms with E-state index in [2.05, 4.69) is 83.8 Å². The van der Waals surface area contributed by atoms with Crippen LogP contribution in [0.15, 0.2) is 143 Å². The Balaban J connectivity index is 0.000000734. The molecule has 2 bridgehead atoms. The highest BCUT2D eigenvalue weighted by Gasteiger charge is 2.54. The summed E-state index contributed by atoms with van der Waals surface area (Å²) in [6, 6.07) is 43.9. The topological polar surface area (TPSA) is 144 Å². The summed E-state index contributed by atoms with van der Waals surface area (Å²) in [6.45, 7) is 2.15. The minimum absolute atomic E-state index is 0.0665. The van der Waals surface area contributed by atoms with Crippen molar-refractivity contribution in [2.45, 2.75) is 18.9 Å². The highest BCUT2D eigenvalue weighted by atomic mass is 35.7. The van der Waals surface area contributed by atoms with Crippen molar-refractivity contribution in [3.05, 3.63) is 155 Å². The number of oxazole rings is 1. The number of nitrogens with zero attached hydrogens (tertiary/aromatic N) is 3. The van der Waals surface area contributed by atoms with E-state index in [0.717, 1.165) is 35.5 Å². The lowest BCUT2D eigenvalue weighted by Gasteiger charge is -2.42. The fourth-order valence-corrected chi connectivity index (χ4v) is 11.5. The molecule has 2 aliphatic heterocycles. The molecule has 0 aliphatic carbocycles. The number of pyridine rings is 1. The zero-order valence-electron chi connectivity index (χ0n) is 26.7. The van der Waals surface area contributed by atoms with E-state index < -0.39 is 17.5 Å². The zero-order chi connectivity index (χ0) is 34.9. The lowest BCUT2D eigenvalue weighted by Crippen LogP contribution is -2.68. The smallest absolute Gasteiger partial charge is 0.262 e. The molecule has 1 fully saturated rings. The third kappa shape index (κ3) is 6.74. The predicted molar refractivity (Wildman–Crippen MR) is 180 cm³/mol. The van der Waals surface area contributed by atoms with E-state index in [1.54, 1.807) is 18.2 Å². The normalized spacial score (nSPS) is 17.0. The summed E-state index contributed by atoms with van der Waals surface area (Å²) >= 11 is 0. The Morgan fingerprint density at radius 1 is 0.700 bits per heavy atom. The van der Waals surface area contributed by atoms with Gasteiger partial charge in [-0.25, -0.2) is 23.0 Å². The van der Waals surface area contributed by atoms with E-state index in [4.69, 9.17) is 28.0 Å². The SMILES string of the molecule is O=c1cccc2n1CC1CC2CN(c2oc(-c3ccc(F)cc3)nc2[P+](c2ccccc2)(c2ccccc2)c2ccccc2)C1.[O-][Cl+3]([O-])([O-])[O-]. The number of piperidine rings is 1. The van der Waals surface area contributed by atoms with Gasteiger partial charge in [-0.05, 0) is 79.1 Å². The molecule has 9 nitrogen and oxygen atoms in total. The molecular formula is C38H32ClFN3O6P. The average molecular weight is 712 g/mol. The second-order valence-electron chi connectivity index (χ2n) is 12.3. The van der Waals surface area contributed by atoms with Crippen LogP contribution in [-0.2, 0) is 6.54 Å². The second-order valence-corrected chi connectivity index (χ2v) is 16.4. The van der Waals surface area contributed by atoms with Crippen molar-refractivity contribution in [2.24, 2.45) is 5.92 Å². The largest absolute Gasteiger partial charge is 0.416 e. The average Bonchev–Trinajstić information content (AvgIpc) is 3.56.